The molecule has 1 aliphatic heterocycles. The molecular formula is C13H18N2O. The number of hydrogen-bond acceptors (Lipinski definition) is 2. The van der Waals surface area contributed by atoms with Crippen molar-refractivity contribution < 1.29 is 4.79 Å². The van der Waals surface area contributed by atoms with E-state index in [0.717, 1.165) is 30.8 Å². The van der Waals surface area contributed by atoms with E-state index in [2.05, 4.69) is 6.92 Å². The van der Waals surface area contributed by atoms with Gasteiger partial charge in [-0.3, -0.25) is 4.79 Å². The largest absolute Gasteiger partial charge is 0.399 e. The van der Waals surface area contributed by atoms with Crippen molar-refractivity contribution in [2.45, 2.75) is 26.3 Å². The Morgan fingerprint density at radius 1 is 1.38 bits per heavy atom. The van der Waals surface area contributed by atoms with Crippen molar-refractivity contribution >= 4 is 11.6 Å². The van der Waals surface area contributed by atoms with Gasteiger partial charge in [0.05, 0.1) is 0 Å². The van der Waals surface area contributed by atoms with Crippen molar-refractivity contribution in [2.24, 2.45) is 5.92 Å². The van der Waals surface area contributed by atoms with Crippen LogP contribution in [0, 0.1) is 5.92 Å². The van der Waals surface area contributed by atoms with Crippen LogP contribution in [0.15, 0.2) is 24.3 Å². The van der Waals surface area contributed by atoms with E-state index in [1.807, 2.05) is 29.2 Å². The zero-order valence-electron chi connectivity index (χ0n) is 9.65. The number of rotatable bonds is 3. The molecule has 1 aromatic rings. The summed E-state index contributed by atoms with van der Waals surface area (Å²) in [6, 6.07) is 7.74. The molecule has 86 valence electrons. The van der Waals surface area contributed by atoms with E-state index in [0.29, 0.717) is 12.3 Å². The third-order valence-electron chi connectivity index (χ3n) is 3.23. The Bertz CT molecular complexity index is 372. The molecule has 1 amide bonds. The van der Waals surface area contributed by atoms with Crippen molar-refractivity contribution in [2.75, 3.05) is 12.3 Å². The van der Waals surface area contributed by atoms with Crippen LogP contribution in [0.4, 0.5) is 5.69 Å². The number of hydrogen-bond donors (Lipinski definition) is 1. The molecule has 16 heavy (non-hydrogen) atoms. The molecule has 3 heteroatoms. The molecule has 0 saturated carbocycles. The Kier molecular flexibility index (Phi) is 3.13. The number of nitrogen functional groups attached to an aromatic ring is 1. The zero-order valence-corrected chi connectivity index (χ0v) is 9.65. The normalized spacial score (nSPS) is 20.4. The smallest absolute Gasteiger partial charge is 0.223 e. The van der Waals surface area contributed by atoms with Crippen LogP contribution >= 0.6 is 0 Å². The van der Waals surface area contributed by atoms with E-state index in [1.165, 1.54) is 0 Å². The molecule has 3 nitrogen and oxygen atoms in total. The number of carbonyl (C=O) groups excluding carboxylic acids is 1. The first-order valence-corrected chi connectivity index (χ1v) is 5.81. The van der Waals surface area contributed by atoms with Gasteiger partial charge in [-0.25, -0.2) is 0 Å². The lowest BCUT2D eigenvalue weighted by molar-refractivity contribution is -0.128. The molecule has 0 bridgehead atoms. The fourth-order valence-electron chi connectivity index (χ4n) is 2.12. The summed E-state index contributed by atoms with van der Waals surface area (Å²) >= 11 is 0. The fourth-order valence-corrected chi connectivity index (χ4v) is 2.12. The molecule has 1 aliphatic rings. The topological polar surface area (TPSA) is 46.3 Å². The summed E-state index contributed by atoms with van der Waals surface area (Å²) in [6.07, 6.45) is 1.80. The van der Waals surface area contributed by atoms with Crippen LogP contribution in [0.25, 0.3) is 0 Å². The summed E-state index contributed by atoms with van der Waals surface area (Å²) < 4.78 is 0. The highest BCUT2D eigenvalue weighted by Crippen LogP contribution is 2.22. The van der Waals surface area contributed by atoms with Gasteiger partial charge in [-0.1, -0.05) is 25.5 Å². The molecule has 0 spiro atoms. The second-order valence-electron chi connectivity index (χ2n) is 4.49. The van der Waals surface area contributed by atoms with Crippen LogP contribution in [0.2, 0.25) is 0 Å². The first-order valence-electron chi connectivity index (χ1n) is 5.81. The first kappa shape index (κ1) is 11.0. The van der Waals surface area contributed by atoms with Gasteiger partial charge in [0.2, 0.25) is 5.91 Å². The van der Waals surface area contributed by atoms with E-state index in [1.54, 1.807) is 0 Å². The first-order chi connectivity index (χ1) is 7.69. The second kappa shape index (κ2) is 4.56. The number of carbonyl (C=O) groups is 1. The van der Waals surface area contributed by atoms with E-state index in [4.69, 9.17) is 5.73 Å². The minimum atomic E-state index is 0.281. The van der Waals surface area contributed by atoms with Crippen LogP contribution in [0.5, 0.6) is 0 Å². The van der Waals surface area contributed by atoms with E-state index in [-0.39, 0.29) is 5.91 Å². The predicted octanol–water partition coefficient (Wildman–Crippen LogP) is 2.03. The molecule has 0 aliphatic carbocycles. The molecule has 1 aromatic carbocycles. The van der Waals surface area contributed by atoms with Crippen molar-refractivity contribution in [1.29, 1.82) is 0 Å². The molecule has 0 aromatic heterocycles. The highest BCUT2D eigenvalue weighted by Gasteiger charge is 2.27. The maximum absolute atomic E-state index is 11.7. The average molecular weight is 218 g/mol. The number of nitrogens with zero attached hydrogens (tertiary/aromatic N) is 1. The zero-order chi connectivity index (χ0) is 11.5. The molecule has 0 radical (unpaired) electrons. The van der Waals surface area contributed by atoms with Gasteiger partial charge in [0.15, 0.2) is 0 Å². The van der Waals surface area contributed by atoms with E-state index >= 15 is 0 Å². The number of anilines is 1. The lowest BCUT2D eigenvalue weighted by Gasteiger charge is -2.16. The fraction of sp³-hybridized carbons (Fsp3) is 0.462. The number of amides is 1. The molecule has 1 unspecified atom stereocenters. The van der Waals surface area contributed by atoms with Gasteiger partial charge in [-0.15, -0.1) is 0 Å². The van der Waals surface area contributed by atoms with Gasteiger partial charge in [-0.05, 0) is 23.6 Å². The van der Waals surface area contributed by atoms with Crippen LogP contribution in [-0.4, -0.2) is 17.4 Å². The number of likely N-dealkylation sites (tertiary alicyclic amines) is 1. The van der Waals surface area contributed by atoms with Crippen molar-refractivity contribution in [1.82, 2.24) is 4.90 Å². The van der Waals surface area contributed by atoms with Crippen LogP contribution in [-0.2, 0) is 11.3 Å². The van der Waals surface area contributed by atoms with Crippen LogP contribution in [0.3, 0.4) is 0 Å². The van der Waals surface area contributed by atoms with Gasteiger partial charge >= 0.3 is 0 Å². The Morgan fingerprint density at radius 2 is 2.06 bits per heavy atom. The maximum atomic E-state index is 11.7. The third kappa shape index (κ3) is 2.35. The summed E-state index contributed by atoms with van der Waals surface area (Å²) in [5.74, 6) is 0.824. The van der Waals surface area contributed by atoms with Gasteiger partial charge in [0.1, 0.15) is 0 Å². The summed E-state index contributed by atoms with van der Waals surface area (Å²) in [5, 5.41) is 0. The van der Waals surface area contributed by atoms with Crippen molar-refractivity contribution in [3.8, 4) is 0 Å². The molecule has 2 rings (SSSR count). The molecule has 2 N–H and O–H groups in total. The monoisotopic (exact) mass is 218 g/mol. The predicted molar refractivity (Wildman–Crippen MR) is 64.7 cm³/mol. The molecule has 1 saturated heterocycles. The van der Waals surface area contributed by atoms with Gasteiger partial charge in [0, 0.05) is 25.2 Å². The quantitative estimate of drug-likeness (QED) is 0.789. The van der Waals surface area contributed by atoms with Crippen molar-refractivity contribution in [3.63, 3.8) is 0 Å². The highest BCUT2D eigenvalue weighted by molar-refractivity contribution is 5.78. The molecular weight excluding hydrogens is 200 g/mol. The summed E-state index contributed by atoms with van der Waals surface area (Å²) in [6.45, 7) is 3.76. The van der Waals surface area contributed by atoms with Crippen LogP contribution in [0.1, 0.15) is 25.3 Å². The SMILES string of the molecule is CCC1CC(=O)N(Cc2ccc(N)cc2)C1. The standard InChI is InChI=1S/C13H18N2O/c1-2-10-7-13(16)15(8-10)9-11-3-5-12(14)6-4-11/h3-6,10H,2,7-9,14H2,1H3. The number of nitrogens with two attached hydrogens (primary N) is 1. The lowest BCUT2D eigenvalue weighted by Crippen LogP contribution is -2.24. The third-order valence-corrected chi connectivity index (χ3v) is 3.23. The second-order valence-corrected chi connectivity index (χ2v) is 4.49. The molecule has 1 atom stereocenters. The van der Waals surface area contributed by atoms with Crippen molar-refractivity contribution in [3.05, 3.63) is 29.8 Å². The van der Waals surface area contributed by atoms with E-state index in [9.17, 15) is 4.79 Å². The maximum Gasteiger partial charge on any atom is 0.223 e. The summed E-state index contributed by atoms with van der Waals surface area (Å²) in [5.41, 5.74) is 7.54. The van der Waals surface area contributed by atoms with Gasteiger partial charge in [-0.2, -0.15) is 0 Å². The molecule has 1 heterocycles. The van der Waals surface area contributed by atoms with Gasteiger partial charge < -0.3 is 10.6 Å². The summed E-state index contributed by atoms with van der Waals surface area (Å²) in [4.78, 5) is 13.7. The Hall–Kier alpha value is -1.51. The lowest BCUT2D eigenvalue weighted by atomic mass is 10.1. The van der Waals surface area contributed by atoms with Crippen LogP contribution < -0.4 is 5.73 Å². The Labute approximate surface area is 96.2 Å². The average Bonchev–Trinajstić information content (AvgIpc) is 2.63. The highest BCUT2D eigenvalue weighted by atomic mass is 16.2. The van der Waals surface area contributed by atoms with E-state index < -0.39 is 0 Å². The Morgan fingerprint density at radius 3 is 2.62 bits per heavy atom. The minimum Gasteiger partial charge on any atom is -0.399 e. The number of benzene rings is 1. The molecule has 1 fully saturated rings. The van der Waals surface area contributed by atoms with Gasteiger partial charge in [0.25, 0.3) is 0 Å². The minimum absolute atomic E-state index is 0.281. The Balaban J connectivity index is 2.00. The summed E-state index contributed by atoms with van der Waals surface area (Å²) in [7, 11) is 0.